The van der Waals surface area contributed by atoms with Crippen LogP contribution in [0, 0.1) is 13.8 Å². The summed E-state index contributed by atoms with van der Waals surface area (Å²) in [5.41, 5.74) is 1.09. The normalized spacial score (nSPS) is 11.6. The van der Waals surface area contributed by atoms with Crippen LogP contribution in [-0.2, 0) is 28.7 Å². The number of ether oxygens (including phenoxy) is 2. The second kappa shape index (κ2) is 9.46. The maximum Gasteiger partial charge on any atom is 0.416 e. The third-order valence-corrected chi connectivity index (χ3v) is 5.19. The smallest absolute Gasteiger partial charge is 0.416 e. The fourth-order valence-electron chi connectivity index (χ4n) is 3.48. The number of esters is 1. The Hall–Kier alpha value is -3.29. The second-order valence-electron chi connectivity index (χ2n) is 7.35. The predicted molar refractivity (Wildman–Crippen MR) is 113 cm³/mol. The fraction of sp³-hybridized carbons (Fsp3) is 0.333. The molecule has 32 heavy (non-hydrogen) atoms. The highest BCUT2D eigenvalue weighted by atomic mass is 19.4. The molecule has 2 aromatic carbocycles. The van der Waals surface area contributed by atoms with Crippen LogP contribution < -0.4 is 10.4 Å². The van der Waals surface area contributed by atoms with Crippen LogP contribution in [0.15, 0.2) is 45.6 Å². The number of carbonyl (C=O) groups excluding carboxylic acids is 1. The van der Waals surface area contributed by atoms with Crippen LogP contribution in [0.2, 0.25) is 0 Å². The van der Waals surface area contributed by atoms with Crippen molar-refractivity contribution in [1.82, 2.24) is 0 Å². The van der Waals surface area contributed by atoms with Crippen LogP contribution in [0.3, 0.4) is 0 Å². The van der Waals surface area contributed by atoms with Crippen LogP contribution in [0.25, 0.3) is 11.0 Å². The van der Waals surface area contributed by atoms with E-state index < -0.39 is 17.4 Å². The van der Waals surface area contributed by atoms with E-state index in [9.17, 15) is 22.8 Å². The van der Waals surface area contributed by atoms with Gasteiger partial charge in [0.25, 0.3) is 0 Å². The van der Waals surface area contributed by atoms with Gasteiger partial charge in [0, 0.05) is 22.9 Å². The Kier molecular flexibility index (Phi) is 6.91. The second-order valence-corrected chi connectivity index (χ2v) is 7.35. The van der Waals surface area contributed by atoms with Crippen molar-refractivity contribution in [2.24, 2.45) is 0 Å². The number of rotatable bonds is 7. The molecule has 3 rings (SSSR count). The summed E-state index contributed by atoms with van der Waals surface area (Å²) in [6.45, 7) is 5.40. The number of hydrogen-bond donors (Lipinski definition) is 0. The van der Waals surface area contributed by atoms with E-state index in [0.29, 0.717) is 39.0 Å². The summed E-state index contributed by atoms with van der Waals surface area (Å²) in [5, 5.41) is 0.701. The topological polar surface area (TPSA) is 65.7 Å². The molecule has 0 N–H and O–H groups in total. The molecule has 1 aromatic heterocycles. The van der Waals surface area contributed by atoms with Gasteiger partial charge in [-0.3, -0.25) is 4.79 Å². The summed E-state index contributed by atoms with van der Waals surface area (Å²) in [4.78, 5) is 24.2. The van der Waals surface area contributed by atoms with Gasteiger partial charge in [0.2, 0.25) is 0 Å². The molecular weight excluding hydrogens is 425 g/mol. The van der Waals surface area contributed by atoms with E-state index in [1.165, 1.54) is 6.07 Å². The van der Waals surface area contributed by atoms with Gasteiger partial charge in [-0.1, -0.05) is 12.1 Å². The van der Waals surface area contributed by atoms with Gasteiger partial charge < -0.3 is 13.9 Å². The largest absolute Gasteiger partial charge is 0.488 e. The van der Waals surface area contributed by atoms with Crippen LogP contribution in [0.4, 0.5) is 13.2 Å². The minimum atomic E-state index is -4.43. The molecule has 170 valence electrons. The average molecular weight is 448 g/mol. The van der Waals surface area contributed by atoms with E-state index in [0.717, 1.165) is 12.1 Å². The van der Waals surface area contributed by atoms with Gasteiger partial charge in [0.15, 0.2) is 0 Å². The third kappa shape index (κ3) is 5.12. The molecule has 1 heterocycles. The van der Waals surface area contributed by atoms with Gasteiger partial charge in [-0.05, 0) is 62.6 Å². The van der Waals surface area contributed by atoms with Crippen LogP contribution in [-0.4, -0.2) is 12.6 Å². The SMILES string of the molecule is CCOC(=O)CCc1c(C)c2ccc(OCc3cccc(C(F)(F)F)c3)c(C)c2oc1=O. The molecule has 0 aliphatic heterocycles. The van der Waals surface area contributed by atoms with Crippen molar-refractivity contribution in [3.05, 3.63) is 74.6 Å². The summed E-state index contributed by atoms with van der Waals surface area (Å²) in [6, 6.07) is 8.34. The molecule has 0 bridgehead atoms. The number of alkyl halides is 3. The van der Waals surface area contributed by atoms with Crippen molar-refractivity contribution in [3.8, 4) is 5.75 Å². The van der Waals surface area contributed by atoms with Gasteiger partial charge in [0.05, 0.1) is 12.2 Å². The van der Waals surface area contributed by atoms with Crippen molar-refractivity contribution in [2.75, 3.05) is 6.61 Å². The predicted octanol–water partition coefficient (Wildman–Crippen LogP) is 5.50. The Morgan fingerprint density at radius 2 is 1.84 bits per heavy atom. The number of halogens is 3. The molecule has 0 saturated carbocycles. The van der Waals surface area contributed by atoms with E-state index in [1.54, 1.807) is 39.0 Å². The average Bonchev–Trinajstić information content (AvgIpc) is 2.73. The quantitative estimate of drug-likeness (QED) is 0.353. The Bertz CT molecular complexity index is 1190. The zero-order valence-corrected chi connectivity index (χ0v) is 18.0. The first kappa shape index (κ1) is 23.4. The Labute approximate surface area is 182 Å². The number of aryl methyl sites for hydroxylation is 2. The van der Waals surface area contributed by atoms with E-state index in [4.69, 9.17) is 13.9 Å². The summed E-state index contributed by atoms with van der Waals surface area (Å²) >= 11 is 0. The molecule has 0 fully saturated rings. The van der Waals surface area contributed by atoms with Gasteiger partial charge in [-0.15, -0.1) is 0 Å². The lowest BCUT2D eigenvalue weighted by atomic mass is 10.0. The lowest BCUT2D eigenvalue weighted by Gasteiger charge is -2.14. The number of hydrogen-bond acceptors (Lipinski definition) is 5. The van der Waals surface area contributed by atoms with Gasteiger partial charge in [-0.25, -0.2) is 4.79 Å². The van der Waals surface area contributed by atoms with Crippen molar-refractivity contribution >= 4 is 16.9 Å². The Balaban J connectivity index is 1.85. The Morgan fingerprint density at radius 3 is 2.53 bits per heavy atom. The van der Waals surface area contributed by atoms with Gasteiger partial charge in [-0.2, -0.15) is 13.2 Å². The highest BCUT2D eigenvalue weighted by Crippen LogP contribution is 2.32. The summed E-state index contributed by atoms with van der Waals surface area (Å²) in [6.07, 6.45) is -4.15. The van der Waals surface area contributed by atoms with Crippen LogP contribution >= 0.6 is 0 Å². The molecule has 0 radical (unpaired) electrons. The number of benzene rings is 2. The monoisotopic (exact) mass is 448 g/mol. The lowest BCUT2D eigenvalue weighted by Crippen LogP contribution is -2.14. The van der Waals surface area contributed by atoms with Crippen molar-refractivity contribution < 1.29 is 31.9 Å². The van der Waals surface area contributed by atoms with Gasteiger partial charge in [0.1, 0.15) is 17.9 Å². The first-order chi connectivity index (χ1) is 15.1. The van der Waals surface area contributed by atoms with E-state index in [-0.39, 0.29) is 32.0 Å². The minimum Gasteiger partial charge on any atom is -0.488 e. The molecule has 0 atom stereocenters. The summed E-state index contributed by atoms with van der Waals surface area (Å²) in [7, 11) is 0. The fourth-order valence-corrected chi connectivity index (χ4v) is 3.48. The van der Waals surface area contributed by atoms with E-state index in [2.05, 4.69) is 0 Å². The zero-order chi connectivity index (χ0) is 23.5. The first-order valence-corrected chi connectivity index (χ1v) is 10.1. The molecule has 0 aliphatic rings. The number of carbonyl (C=O) groups is 1. The molecule has 8 heteroatoms. The molecule has 0 spiro atoms. The van der Waals surface area contributed by atoms with E-state index in [1.807, 2.05) is 0 Å². The first-order valence-electron chi connectivity index (χ1n) is 10.1. The van der Waals surface area contributed by atoms with Crippen molar-refractivity contribution in [3.63, 3.8) is 0 Å². The summed E-state index contributed by atoms with van der Waals surface area (Å²) in [5.74, 6) is 0.0117. The molecular formula is C24H23F3O5. The molecule has 0 aliphatic carbocycles. The van der Waals surface area contributed by atoms with Crippen molar-refractivity contribution in [2.45, 2.75) is 46.4 Å². The molecule has 5 nitrogen and oxygen atoms in total. The number of fused-ring (bicyclic) bond motifs is 1. The molecule has 3 aromatic rings. The summed E-state index contributed by atoms with van der Waals surface area (Å²) < 4.78 is 54.9. The minimum absolute atomic E-state index is 0.0715. The maximum atomic E-state index is 12.9. The third-order valence-electron chi connectivity index (χ3n) is 5.19. The standard InChI is InChI=1S/C24H23F3O5/c1-4-30-21(28)11-9-19-14(2)18-8-10-20(15(3)22(18)32-23(19)29)31-13-16-6-5-7-17(12-16)24(25,26)27/h5-8,10,12H,4,9,11,13H2,1-3H3. The van der Waals surface area contributed by atoms with Gasteiger partial charge >= 0.3 is 17.8 Å². The molecule has 0 amide bonds. The maximum absolute atomic E-state index is 12.9. The van der Waals surface area contributed by atoms with E-state index >= 15 is 0 Å². The lowest BCUT2D eigenvalue weighted by molar-refractivity contribution is -0.143. The molecule has 0 saturated heterocycles. The van der Waals surface area contributed by atoms with Crippen LogP contribution in [0.5, 0.6) is 5.75 Å². The highest BCUT2D eigenvalue weighted by Gasteiger charge is 2.30. The van der Waals surface area contributed by atoms with Crippen molar-refractivity contribution in [1.29, 1.82) is 0 Å². The highest BCUT2D eigenvalue weighted by molar-refractivity contribution is 5.85. The molecule has 0 unspecified atom stereocenters. The Morgan fingerprint density at radius 1 is 1.09 bits per heavy atom. The van der Waals surface area contributed by atoms with Crippen LogP contribution in [0.1, 0.15) is 41.2 Å². The zero-order valence-electron chi connectivity index (χ0n) is 18.0.